The quantitative estimate of drug-likeness (QED) is 0.552. The molecule has 0 bridgehead atoms. The van der Waals surface area contributed by atoms with Crippen molar-refractivity contribution in [1.29, 1.82) is 0 Å². The molecule has 1 fully saturated rings. The van der Waals surface area contributed by atoms with E-state index in [1.165, 1.54) is 0 Å². The molecule has 1 aliphatic heterocycles. The van der Waals surface area contributed by atoms with E-state index in [1.54, 1.807) is 20.3 Å². The van der Waals surface area contributed by atoms with Gasteiger partial charge in [-0.3, -0.25) is 9.69 Å². The van der Waals surface area contributed by atoms with Crippen LogP contribution in [0, 0.1) is 5.92 Å². The zero-order valence-corrected chi connectivity index (χ0v) is 19.2. The van der Waals surface area contributed by atoms with Gasteiger partial charge in [0, 0.05) is 11.0 Å². The number of nitrogens with zero attached hydrogens (tertiary/aromatic N) is 1. The highest BCUT2D eigenvalue weighted by molar-refractivity contribution is 9.10. The minimum absolute atomic E-state index is 0.294. The van der Waals surface area contributed by atoms with Gasteiger partial charge in [0.05, 0.1) is 36.2 Å². The van der Waals surface area contributed by atoms with Gasteiger partial charge in [0.2, 0.25) is 0 Å². The molecule has 0 aromatic heterocycles. The van der Waals surface area contributed by atoms with E-state index < -0.39 is 11.9 Å². The summed E-state index contributed by atoms with van der Waals surface area (Å²) in [6.07, 6.45) is 1.45. The second-order valence-electron chi connectivity index (χ2n) is 6.95. The molecule has 0 saturated carbocycles. The largest absolute Gasteiger partial charge is 0.493 e. The Kier molecular flexibility index (Phi) is 7.32. The minimum atomic E-state index is -0.781. The molecule has 0 spiro atoms. The van der Waals surface area contributed by atoms with Gasteiger partial charge in [-0.2, -0.15) is 0 Å². The smallest absolute Gasteiger partial charge is 0.307 e. The molecule has 5 nitrogen and oxygen atoms in total. The van der Waals surface area contributed by atoms with E-state index in [0.717, 1.165) is 28.6 Å². The number of aliphatic carboxylic acids is 1. The number of carboxylic acids is 1. The van der Waals surface area contributed by atoms with E-state index in [0.29, 0.717) is 34.5 Å². The first-order valence-electron chi connectivity index (χ1n) is 9.19. The Morgan fingerprint density at radius 3 is 2.55 bits per heavy atom. The molecular weight excluding hydrogens is 481 g/mol. The number of benzene rings is 2. The average molecular weight is 503 g/mol. The Bertz CT molecular complexity index is 908. The van der Waals surface area contributed by atoms with Crippen LogP contribution >= 0.6 is 39.1 Å². The molecule has 156 valence electrons. The maximum atomic E-state index is 11.6. The number of halogens is 3. The molecule has 3 rings (SSSR count). The van der Waals surface area contributed by atoms with Crippen LogP contribution in [-0.2, 0) is 4.79 Å². The summed E-state index contributed by atoms with van der Waals surface area (Å²) in [5.74, 6) is -0.0260. The lowest BCUT2D eigenvalue weighted by molar-refractivity contribution is -0.143. The van der Waals surface area contributed by atoms with Crippen LogP contribution in [0.1, 0.15) is 30.0 Å². The highest BCUT2D eigenvalue weighted by atomic mass is 79.9. The van der Waals surface area contributed by atoms with Gasteiger partial charge >= 0.3 is 5.97 Å². The van der Waals surface area contributed by atoms with E-state index in [4.69, 9.17) is 32.7 Å². The second kappa shape index (κ2) is 9.56. The monoisotopic (exact) mass is 501 g/mol. The number of hydrogen-bond donors (Lipinski definition) is 1. The van der Waals surface area contributed by atoms with Gasteiger partial charge in [0.15, 0.2) is 11.5 Å². The Morgan fingerprint density at radius 1 is 1.21 bits per heavy atom. The van der Waals surface area contributed by atoms with Crippen molar-refractivity contribution in [2.75, 3.05) is 27.3 Å². The molecule has 1 heterocycles. The summed E-state index contributed by atoms with van der Waals surface area (Å²) in [5, 5.41) is 10.5. The molecule has 1 N–H and O–H groups in total. The van der Waals surface area contributed by atoms with Gasteiger partial charge in [-0.1, -0.05) is 51.3 Å². The number of ether oxygens (including phenoxy) is 2. The van der Waals surface area contributed by atoms with Gasteiger partial charge in [-0.25, -0.2) is 0 Å². The first kappa shape index (κ1) is 22.2. The van der Waals surface area contributed by atoms with Crippen molar-refractivity contribution in [3.8, 4) is 11.5 Å². The summed E-state index contributed by atoms with van der Waals surface area (Å²) < 4.78 is 11.7. The Morgan fingerprint density at radius 2 is 1.90 bits per heavy atom. The molecule has 0 radical (unpaired) electrons. The topological polar surface area (TPSA) is 59.0 Å². The van der Waals surface area contributed by atoms with Crippen molar-refractivity contribution in [3.05, 3.63) is 56.0 Å². The predicted octanol–water partition coefficient (Wildman–Crippen LogP) is 5.66. The Labute approximate surface area is 188 Å². The lowest BCUT2D eigenvalue weighted by Gasteiger charge is -2.38. The molecule has 2 aromatic rings. The van der Waals surface area contributed by atoms with E-state index in [2.05, 4.69) is 20.8 Å². The summed E-state index contributed by atoms with van der Waals surface area (Å²) in [4.78, 5) is 13.8. The zero-order valence-electron chi connectivity index (χ0n) is 16.1. The van der Waals surface area contributed by atoms with Crippen LogP contribution in [0.4, 0.5) is 0 Å². The fourth-order valence-corrected chi connectivity index (χ4v) is 4.76. The van der Waals surface area contributed by atoms with Gasteiger partial charge in [-0.05, 0) is 48.7 Å². The van der Waals surface area contributed by atoms with Crippen molar-refractivity contribution in [2.45, 2.75) is 18.9 Å². The van der Waals surface area contributed by atoms with Crippen molar-refractivity contribution < 1.29 is 19.4 Å². The molecule has 2 atom stereocenters. The fourth-order valence-electron chi connectivity index (χ4n) is 3.81. The molecule has 0 amide bonds. The normalized spacial score (nSPS) is 18.3. The van der Waals surface area contributed by atoms with Gasteiger partial charge in [-0.15, -0.1) is 0 Å². The summed E-state index contributed by atoms with van der Waals surface area (Å²) in [6, 6.07) is 8.96. The maximum Gasteiger partial charge on any atom is 0.307 e. The highest BCUT2D eigenvalue weighted by Crippen LogP contribution is 2.44. The lowest BCUT2D eigenvalue weighted by Crippen LogP contribution is -2.41. The first-order chi connectivity index (χ1) is 13.9. The van der Waals surface area contributed by atoms with Crippen molar-refractivity contribution in [3.63, 3.8) is 0 Å². The molecule has 29 heavy (non-hydrogen) atoms. The summed E-state index contributed by atoms with van der Waals surface area (Å²) >= 11 is 16.6. The summed E-state index contributed by atoms with van der Waals surface area (Å²) in [5.41, 5.74) is 1.72. The number of methoxy groups -OCH3 is 2. The molecule has 8 heteroatoms. The number of hydrogen-bond acceptors (Lipinski definition) is 4. The molecule has 2 unspecified atom stereocenters. The van der Waals surface area contributed by atoms with Crippen LogP contribution < -0.4 is 9.47 Å². The number of rotatable bonds is 6. The molecule has 2 aromatic carbocycles. The molecule has 1 saturated heterocycles. The number of piperidine rings is 1. The number of carboxylic acid groups (broad SMARTS) is 1. The lowest BCUT2D eigenvalue weighted by atomic mass is 9.91. The van der Waals surface area contributed by atoms with Crippen molar-refractivity contribution in [1.82, 2.24) is 4.90 Å². The predicted molar refractivity (Wildman–Crippen MR) is 117 cm³/mol. The third-order valence-corrected chi connectivity index (χ3v) is 6.76. The third-order valence-electron chi connectivity index (χ3n) is 5.24. The van der Waals surface area contributed by atoms with E-state index in [9.17, 15) is 9.90 Å². The summed E-state index contributed by atoms with van der Waals surface area (Å²) in [6.45, 7) is 1.17. The Balaban J connectivity index is 2.16. The fraction of sp³-hybridized carbons (Fsp3) is 0.381. The molecule has 1 aliphatic rings. The number of likely N-dealkylation sites (tertiary alicyclic amines) is 1. The number of carbonyl (C=O) groups is 1. The third kappa shape index (κ3) is 4.66. The second-order valence-corrected chi connectivity index (χ2v) is 8.59. The van der Waals surface area contributed by atoms with E-state index in [1.807, 2.05) is 24.3 Å². The standard InChI is InChI=1S/C21H22BrCl2NO4/c1-28-17-9-14(15(22)10-18(17)29-2)20(13-6-3-7-16(23)19(13)24)25-8-4-5-12(11-25)21(26)27/h3,6-7,9-10,12,20H,4-5,8,11H2,1-2H3,(H,26,27). The van der Waals surface area contributed by atoms with Gasteiger partial charge < -0.3 is 14.6 Å². The van der Waals surface area contributed by atoms with Crippen LogP contribution in [0.3, 0.4) is 0 Å². The Hall–Kier alpha value is -1.47. The molecule has 0 aliphatic carbocycles. The summed E-state index contributed by atoms with van der Waals surface area (Å²) in [7, 11) is 3.16. The minimum Gasteiger partial charge on any atom is -0.493 e. The van der Waals surface area contributed by atoms with Gasteiger partial charge in [0.25, 0.3) is 0 Å². The van der Waals surface area contributed by atoms with Crippen molar-refractivity contribution in [2.24, 2.45) is 5.92 Å². The SMILES string of the molecule is COc1cc(Br)c(C(c2cccc(Cl)c2Cl)N2CCCC(C(=O)O)C2)cc1OC. The maximum absolute atomic E-state index is 11.6. The zero-order chi connectivity index (χ0) is 21.1. The van der Waals surface area contributed by atoms with Crippen LogP contribution in [0.25, 0.3) is 0 Å². The van der Waals surface area contributed by atoms with E-state index in [-0.39, 0.29) is 6.04 Å². The van der Waals surface area contributed by atoms with Crippen LogP contribution in [0.15, 0.2) is 34.8 Å². The first-order valence-corrected chi connectivity index (χ1v) is 10.7. The van der Waals surface area contributed by atoms with Crippen LogP contribution in [0.2, 0.25) is 10.0 Å². The molecular formula is C21H22BrCl2NO4. The highest BCUT2D eigenvalue weighted by Gasteiger charge is 2.34. The van der Waals surface area contributed by atoms with Crippen LogP contribution in [0.5, 0.6) is 11.5 Å². The average Bonchev–Trinajstić information content (AvgIpc) is 2.72. The van der Waals surface area contributed by atoms with E-state index >= 15 is 0 Å². The van der Waals surface area contributed by atoms with Crippen LogP contribution in [-0.4, -0.2) is 43.3 Å². The van der Waals surface area contributed by atoms with Gasteiger partial charge in [0.1, 0.15) is 0 Å². The van der Waals surface area contributed by atoms with Crippen molar-refractivity contribution >= 4 is 45.1 Å².